The number of cyclic esters (lactones) is 1. The summed E-state index contributed by atoms with van der Waals surface area (Å²) in [4.78, 5) is 27.8. The number of amides is 1. The number of esters is 1. The lowest BCUT2D eigenvalue weighted by Gasteiger charge is -2.18. The molecule has 0 fully saturated rings. The quantitative estimate of drug-likeness (QED) is 0.371. The number of fused-ring (bicyclic) bond motifs is 2. The van der Waals surface area contributed by atoms with E-state index in [2.05, 4.69) is 10.3 Å². The van der Waals surface area contributed by atoms with E-state index in [9.17, 15) is 9.59 Å². The molecule has 1 aliphatic heterocycles. The van der Waals surface area contributed by atoms with Crippen LogP contribution in [0.3, 0.4) is 0 Å². The third kappa shape index (κ3) is 4.44. The fourth-order valence-corrected chi connectivity index (χ4v) is 4.27. The number of methoxy groups -OCH3 is 2. The van der Waals surface area contributed by atoms with Crippen LogP contribution >= 0.6 is 0 Å². The molecule has 0 saturated heterocycles. The highest BCUT2D eigenvalue weighted by Gasteiger charge is 2.32. The highest BCUT2D eigenvalue weighted by atomic mass is 16.5. The van der Waals surface area contributed by atoms with Gasteiger partial charge in [-0.2, -0.15) is 0 Å². The molecule has 172 valence electrons. The van der Waals surface area contributed by atoms with E-state index < -0.39 is 0 Å². The van der Waals surface area contributed by atoms with Crippen LogP contribution in [-0.4, -0.2) is 31.1 Å². The lowest BCUT2D eigenvalue weighted by molar-refractivity contribution is -0.116. The normalized spacial score (nSPS) is 13.1. The third-order valence-electron chi connectivity index (χ3n) is 6.07. The number of hydrogen-bond acceptors (Lipinski definition) is 5. The van der Waals surface area contributed by atoms with E-state index in [-0.39, 0.29) is 18.5 Å². The standard InChI is InChI=1S/C26H28N2O5/c1-15(6-10-22(29)28-18-8-7-17-11-12-27-21(17)13-18)5-9-19-24(31-3)16(2)20-14-33-26(30)23(20)25(19)32-4/h5,7-8,11-13,27H,6,9-10,14H2,1-4H3,(H,28,29). The summed E-state index contributed by atoms with van der Waals surface area (Å²) in [5, 5.41) is 4.06. The number of H-pyrrole nitrogens is 1. The van der Waals surface area contributed by atoms with Crippen LogP contribution in [-0.2, 0) is 22.6 Å². The molecule has 2 aromatic carbocycles. The Hall–Kier alpha value is -3.74. The van der Waals surface area contributed by atoms with E-state index in [1.807, 2.05) is 50.4 Å². The van der Waals surface area contributed by atoms with Gasteiger partial charge in [0.1, 0.15) is 23.7 Å². The Bertz CT molecular complexity index is 1260. The van der Waals surface area contributed by atoms with Gasteiger partial charge in [-0.05, 0) is 55.8 Å². The van der Waals surface area contributed by atoms with Crippen molar-refractivity contribution in [3.63, 3.8) is 0 Å². The Morgan fingerprint density at radius 2 is 1.97 bits per heavy atom. The summed E-state index contributed by atoms with van der Waals surface area (Å²) in [7, 11) is 3.16. The number of rotatable bonds is 8. The van der Waals surface area contributed by atoms with E-state index in [4.69, 9.17) is 14.2 Å². The monoisotopic (exact) mass is 448 g/mol. The summed E-state index contributed by atoms with van der Waals surface area (Å²) in [6.07, 6.45) is 5.43. The van der Waals surface area contributed by atoms with Crippen molar-refractivity contribution in [1.29, 1.82) is 0 Å². The van der Waals surface area contributed by atoms with Gasteiger partial charge >= 0.3 is 5.97 Å². The molecule has 0 radical (unpaired) electrons. The molecule has 33 heavy (non-hydrogen) atoms. The third-order valence-corrected chi connectivity index (χ3v) is 6.07. The number of carbonyl (C=O) groups is 2. The molecule has 0 saturated carbocycles. The predicted octanol–water partition coefficient (Wildman–Crippen LogP) is 5.07. The Labute approximate surface area is 192 Å². The Morgan fingerprint density at radius 1 is 1.18 bits per heavy atom. The summed E-state index contributed by atoms with van der Waals surface area (Å²) in [6.45, 7) is 4.15. The molecule has 0 unspecified atom stereocenters. The van der Waals surface area contributed by atoms with Crippen LogP contribution in [0.4, 0.5) is 5.69 Å². The van der Waals surface area contributed by atoms with E-state index in [0.29, 0.717) is 36.3 Å². The topological polar surface area (TPSA) is 89.7 Å². The van der Waals surface area contributed by atoms with Crippen LogP contribution in [0.5, 0.6) is 11.5 Å². The van der Waals surface area contributed by atoms with Gasteiger partial charge in [-0.15, -0.1) is 0 Å². The SMILES string of the molecule is COc1c(C)c2c(c(OC)c1CC=C(C)CCC(=O)Nc1ccc3cc[nH]c3c1)C(=O)OC2. The summed E-state index contributed by atoms with van der Waals surface area (Å²) in [6, 6.07) is 7.79. The van der Waals surface area contributed by atoms with Crippen LogP contribution in [0.15, 0.2) is 42.1 Å². The van der Waals surface area contributed by atoms with Crippen molar-refractivity contribution < 1.29 is 23.8 Å². The number of hydrogen-bond donors (Lipinski definition) is 2. The summed E-state index contributed by atoms with van der Waals surface area (Å²) < 4.78 is 16.5. The van der Waals surface area contributed by atoms with Gasteiger partial charge in [-0.1, -0.05) is 17.7 Å². The number of nitrogens with one attached hydrogen (secondary N) is 2. The minimum absolute atomic E-state index is 0.0417. The highest BCUT2D eigenvalue weighted by molar-refractivity contribution is 5.98. The fraction of sp³-hybridized carbons (Fsp3) is 0.308. The van der Waals surface area contributed by atoms with Crippen LogP contribution in [0.2, 0.25) is 0 Å². The van der Waals surface area contributed by atoms with Crippen LogP contribution in [0.25, 0.3) is 10.9 Å². The molecule has 0 bridgehead atoms. The summed E-state index contributed by atoms with van der Waals surface area (Å²) >= 11 is 0. The van der Waals surface area contributed by atoms with Crippen molar-refractivity contribution in [3.05, 3.63) is 64.4 Å². The maximum absolute atomic E-state index is 12.4. The van der Waals surface area contributed by atoms with Crippen molar-refractivity contribution in [2.24, 2.45) is 0 Å². The average molecular weight is 449 g/mol. The van der Waals surface area contributed by atoms with E-state index in [0.717, 1.165) is 38.9 Å². The lowest BCUT2D eigenvalue weighted by atomic mass is 9.94. The van der Waals surface area contributed by atoms with Crippen LogP contribution < -0.4 is 14.8 Å². The summed E-state index contributed by atoms with van der Waals surface area (Å²) in [5.41, 5.74) is 5.81. The van der Waals surface area contributed by atoms with Gasteiger partial charge in [0.25, 0.3) is 0 Å². The Balaban J connectivity index is 1.44. The second-order valence-electron chi connectivity index (χ2n) is 8.18. The zero-order valence-corrected chi connectivity index (χ0v) is 19.3. The van der Waals surface area contributed by atoms with Gasteiger partial charge < -0.3 is 24.5 Å². The molecule has 1 aromatic heterocycles. The molecular formula is C26H28N2O5. The first-order valence-electron chi connectivity index (χ1n) is 10.9. The molecule has 4 rings (SSSR count). The van der Waals surface area contributed by atoms with Crippen molar-refractivity contribution >= 4 is 28.5 Å². The van der Waals surface area contributed by atoms with E-state index in [1.54, 1.807) is 14.2 Å². The van der Waals surface area contributed by atoms with Gasteiger partial charge in [0.15, 0.2) is 0 Å². The number of anilines is 1. The molecule has 1 amide bonds. The molecule has 1 aliphatic rings. The van der Waals surface area contributed by atoms with Gasteiger partial charge in [0.05, 0.1) is 14.2 Å². The van der Waals surface area contributed by atoms with Gasteiger partial charge in [-0.25, -0.2) is 4.79 Å². The number of aromatic nitrogens is 1. The lowest BCUT2D eigenvalue weighted by Crippen LogP contribution is -2.11. The minimum atomic E-state index is -0.372. The van der Waals surface area contributed by atoms with Gasteiger partial charge in [0.2, 0.25) is 5.91 Å². The minimum Gasteiger partial charge on any atom is -0.496 e. The molecule has 2 N–H and O–H groups in total. The number of carbonyl (C=O) groups excluding carboxylic acids is 2. The van der Waals surface area contributed by atoms with Crippen molar-refractivity contribution in [1.82, 2.24) is 4.98 Å². The molecular weight excluding hydrogens is 420 g/mol. The van der Waals surface area contributed by atoms with Crippen molar-refractivity contribution in [2.75, 3.05) is 19.5 Å². The zero-order chi connectivity index (χ0) is 23.5. The maximum atomic E-state index is 12.4. The second-order valence-corrected chi connectivity index (χ2v) is 8.18. The van der Waals surface area contributed by atoms with Crippen LogP contribution in [0, 0.1) is 6.92 Å². The zero-order valence-electron chi connectivity index (χ0n) is 19.3. The summed E-state index contributed by atoms with van der Waals surface area (Å²) in [5.74, 6) is 0.783. The smallest absolute Gasteiger partial charge is 0.342 e. The van der Waals surface area contributed by atoms with Crippen LogP contribution in [0.1, 0.15) is 46.8 Å². The Morgan fingerprint density at radius 3 is 2.73 bits per heavy atom. The largest absolute Gasteiger partial charge is 0.496 e. The van der Waals surface area contributed by atoms with Crippen molar-refractivity contribution in [2.45, 2.75) is 39.7 Å². The maximum Gasteiger partial charge on any atom is 0.342 e. The molecule has 0 aliphatic carbocycles. The molecule has 0 spiro atoms. The number of aromatic amines is 1. The van der Waals surface area contributed by atoms with Gasteiger partial charge in [-0.3, -0.25) is 4.79 Å². The molecule has 7 heteroatoms. The first kappa shape index (κ1) is 22.5. The fourth-order valence-electron chi connectivity index (χ4n) is 4.27. The highest BCUT2D eigenvalue weighted by Crippen LogP contribution is 2.42. The number of benzene rings is 2. The van der Waals surface area contributed by atoms with Crippen molar-refractivity contribution in [3.8, 4) is 11.5 Å². The predicted molar refractivity (Wildman–Crippen MR) is 127 cm³/mol. The van der Waals surface area contributed by atoms with Gasteiger partial charge in [0, 0.05) is 34.9 Å². The molecule has 3 aromatic rings. The number of allylic oxidation sites excluding steroid dienone is 2. The first-order valence-corrected chi connectivity index (χ1v) is 10.9. The molecule has 0 atom stereocenters. The Kier molecular flexibility index (Phi) is 6.40. The average Bonchev–Trinajstić information content (AvgIpc) is 3.43. The van der Waals surface area contributed by atoms with E-state index >= 15 is 0 Å². The molecule has 7 nitrogen and oxygen atoms in total. The first-order chi connectivity index (χ1) is 15.9. The number of ether oxygens (including phenoxy) is 3. The molecule has 2 heterocycles. The van der Waals surface area contributed by atoms with E-state index in [1.165, 1.54) is 0 Å². The second kappa shape index (κ2) is 9.40.